The maximum Gasteiger partial charge on any atom is 0.226 e. The Balaban J connectivity index is 1.36. The SMILES string of the molecule is CCOc1ccc(-c2ccc(CC(=O)NCCC3CCCC3)nc2)c(OCC2CCN(C)CC2)c1. The Bertz CT molecular complexity index is 933. The molecule has 190 valence electrons. The van der Waals surface area contributed by atoms with E-state index in [4.69, 9.17) is 9.47 Å². The van der Waals surface area contributed by atoms with Crippen LogP contribution in [0, 0.1) is 11.8 Å². The van der Waals surface area contributed by atoms with Crippen LogP contribution in [-0.4, -0.2) is 55.7 Å². The number of pyridine rings is 1. The van der Waals surface area contributed by atoms with E-state index in [1.54, 1.807) is 0 Å². The molecule has 6 heteroatoms. The zero-order chi connectivity index (χ0) is 24.5. The Morgan fingerprint density at radius 1 is 1.06 bits per heavy atom. The van der Waals surface area contributed by atoms with Crippen LogP contribution in [-0.2, 0) is 11.2 Å². The first-order valence-corrected chi connectivity index (χ1v) is 13.4. The third-order valence-corrected chi connectivity index (χ3v) is 7.40. The number of nitrogens with one attached hydrogen (secondary N) is 1. The molecule has 2 heterocycles. The molecule has 0 atom stereocenters. The lowest BCUT2D eigenvalue weighted by Gasteiger charge is -2.29. The summed E-state index contributed by atoms with van der Waals surface area (Å²) in [6.45, 7) is 6.33. The van der Waals surface area contributed by atoms with Gasteiger partial charge in [0.1, 0.15) is 11.5 Å². The number of nitrogens with zero attached hydrogens (tertiary/aromatic N) is 2. The highest BCUT2D eigenvalue weighted by Crippen LogP contribution is 2.34. The number of benzene rings is 1. The predicted molar refractivity (Wildman–Crippen MR) is 140 cm³/mol. The van der Waals surface area contributed by atoms with E-state index < -0.39 is 0 Å². The second-order valence-corrected chi connectivity index (χ2v) is 10.2. The van der Waals surface area contributed by atoms with Gasteiger partial charge in [0.05, 0.1) is 19.6 Å². The monoisotopic (exact) mass is 479 g/mol. The summed E-state index contributed by atoms with van der Waals surface area (Å²) in [4.78, 5) is 19.3. The second kappa shape index (κ2) is 12.9. The summed E-state index contributed by atoms with van der Waals surface area (Å²) < 4.78 is 12.1. The van der Waals surface area contributed by atoms with Gasteiger partial charge in [0.15, 0.2) is 0 Å². The first-order chi connectivity index (χ1) is 17.1. The molecule has 1 aliphatic heterocycles. The van der Waals surface area contributed by atoms with Gasteiger partial charge >= 0.3 is 0 Å². The number of carbonyl (C=O) groups is 1. The quantitative estimate of drug-likeness (QED) is 0.485. The number of hydrogen-bond donors (Lipinski definition) is 1. The van der Waals surface area contributed by atoms with Crippen molar-refractivity contribution in [2.45, 2.75) is 58.3 Å². The van der Waals surface area contributed by atoms with Gasteiger partial charge in [0.25, 0.3) is 0 Å². The van der Waals surface area contributed by atoms with Crippen molar-refractivity contribution in [1.82, 2.24) is 15.2 Å². The number of carbonyl (C=O) groups excluding carboxylic acids is 1. The fraction of sp³-hybridized carbons (Fsp3) is 0.586. The molecular weight excluding hydrogens is 438 g/mol. The van der Waals surface area contributed by atoms with E-state index in [1.165, 1.54) is 25.7 Å². The number of amides is 1. The molecule has 1 aromatic heterocycles. The summed E-state index contributed by atoms with van der Waals surface area (Å²) in [6.07, 6.45) is 10.9. The highest BCUT2D eigenvalue weighted by Gasteiger charge is 2.19. The number of ether oxygens (including phenoxy) is 2. The van der Waals surface area contributed by atoms with Crippen molar-refractivity contribution in [3.63, 3.8) is 0 Å². The molecule has 2 aromatic rings. The summed E-state index contributed by atoms with van der Waals surface area (Å²) in [5.41, 5.74) is 2.77. The Hall–Kier alpha value is -2.60. The molecule has 0 spiro atoms. The summed E-state index contributed by atoms with van der Waals surface area (Å²) in [7, 11) is 2.18. The summed E-state index contributed by atoms with van der Waals surface area (Å²) in [5, 5.41) is 3.07. The van der Waals surface area contributed by atoms with Crippen molar-refractivity contribution in [2.24, 2.45) is 11.8 Å². The second-order valence-electron chi connectivity index (χ2n) is 10.2. The van der Waals surface area contributed by atoms with Crippen LogP contribution in [0.5, 0.6) is 11.5 Å². The molecule has 1 saturated carbocycles. The van der Waals surface area contributed by atoms with Crippen molar-refractivity contribution in [1.29, 1.82) is 0 Å². The molecule has 0 unspecified atom stereocenters. The third-order valence-electron chi connectivity index (χ3n) is 7.40. The molecule has 0 radical (unpaired) electrons. The maximum absolute atomic E-state index is 12.4. The zero-order valence-electron chi connectivity index (χ0n) is 21.4. The average Bonchev–Trinajstić information content (AvgIpc) is 3.38. The van der Waals surface area contributed by atoms with Gasteiger partial charge in [-0.3, -0.25) is 9.78 Å². The van der Waals surface area contributed by atoms with Gasteiger partial charge in [-0.1, -0.05) is 31.7 Å². The highest BCUT2D eigenvalue weighted by molar-refractivity contribution is 5.78. The topological polar surface area (TPSA) is 63.7 Å². The number of aromatic nitrogens is 1. The Morgan fingerprint density at radius 2 is 1.86 bits per heavy atom. The van der Waals surface area contributed by atoms with Crippen molar-refractivity contribution >= 4 is 5.91 Å². The van der Waals surface area contributed by atoms with E-state index in [2.05, 4.69) is 22.2 Å². The summed E-state index contributed by atoms with van der Waals surface area (Å²) in [5.74, 6) is 3.05. The van der Waals surface area contributed by atoms with Gasteiger partial charge in [0.2, 0.25) is 5.91 Å². The fourth-order valence-corrected chi connectivity index (χ4v) is 5.18. The number of piperidine rings is 1. The molecule has 1 amide bonds. The molecule has 1 saturated heterocycles. The molecule has 1 N–H and O–H groups in total. The summed E-state index contributed by atoms with van der Waals surface area (Å²) in [6, 6.07) is 9.99. The van der Waals surface area contributed by atoms with E-state index in [0.29, 0.717) is 25.6 Å². The van der Waals surface area contributed by atoms with Crippen molar-refractivity contribution < 1.29 is 14.3 Å². The molecule has 1 aromatic carbocycles. The first-order valence-electron chi connectivity index (χ1n) is 13.4. The van der Waals surface area contributed by atoms with Gasteiger partial charge in [-0.25, -0.2) is 0 Å². The lowest BCUT2D eigenvalue weighted by atomic mass is 9.98. The van der Waals surface area contributed by atoms with E-state index in [1.807, 2.05) is 43.5 Å². The fourth-order valence-electron chi connectivity index (χ4n) is 5.18. The lowest BCUT2D eigenvalue weighted by molar-refractivity contribution is -0.120. The van der Waals surface area contributed by atoms with Gasteiger partial charge in [-0.15, -0.1) is 0 Å². The van der Waals surface area contributed by atoms with Crippen LogP contribution in [0.15, 0.2) is 36.5 Å². The van der Waals surface area contributed by atoms with E-state index in [0.717, 1.165) is 73.1 Å². The average molecular weight is 480 g/mol. The minimum Gasteiger partial charge on any atom is -0.494 e. The van der Waals surface area contributed by atoms with Crippen molar-refractivity contribution in [3.05, 3.63) is 42.2 Å². The number of likely N-dealkylation sites (tertiary alicyclic amines) is 1. The van der Waals surface area contributed by atoms with Crippen LogP contribution in [0.3, 0.4) is 0 Å². The standard InChI is InChI=1S/C29H41N3O3/c1-3-34-26-10-11-27(28(19-26)35-21-23-13-16-32(2)17-14-23)24-8-9-25(31-20-24)18-29(33)30-15-12-22-6-4-5-7-22/h8-11,19-20,22-23H,3-7,12-18,21H2,1-2H3,(H,30,33). The van der Waals surface area contributed by atoms with Crippen LogP contribution in [0.4, 0.5) is 0 Å². The van der Waals surface area contributed by atoms with E-state index in [9.17, 15) is 4.79 Å². The van der Waals surface area contributed by atoms with Gasteiger partial charge in [0, 0.05) is 35.6 Å². The number of rotatable bonds is 11. The molecule has 35 heavy (non-hydrogen) atoms. The molecular formula is C29H41N3O3. The van der Waals surface area contributed by atoms with Crippen LogP contribution in [0.1, 0.15) is 57.6 Å². The summed E-state index contributed by atoms with van der Waals surface area (Å²) >= 11 is 0. The molecule has 2 fully saturated rings. The lowest BCUT2D eigenvalue weighted by Crippen LogP contribution is -2.32. The van der Waals surface area contributed by atoms with Crippen LogP contribution < -0.4 is 14.8 Å². The molecule has 0 bridgehead atoms. The Morgan fingerprint density at radius 3 is 2.57 bits per heavy atom. The van der Waals surface area contributed by atoms with Gasteiger partial charge in [-0.2, -0.15) is 0 Å². The number of hydrogen-bond acceptors (Lipinski definition) is 5. The van der Waals surface area contributed by atoms with Gasteiger partial charge in [-0.05, 0) is 76.4 Å². The highest BCUT2D eigenvalue weighted by atomic mass is 16.5. The van der Waals surface area contributed by atoms with Crippen molar-refractivity contribution in [3.8, 4) is 22.6 Å². The zero-order valence-corrected chi connectivity index (χ0v) is 21.4. The molecule has 6 nitrogen and oxygen atoms in total. The molecule has 2 aliphatic rings. The normalized spacial score (nSPS) is 17.4. The third kappa shape index (κ3) is 7.69. The van der Waals surface area contributed by atoms with E-state index in [-0.39, 0.29) is 5.91 Å². The van der Waals surface area contributed by atoms with Crippen LogP contribution in [0.25, 0.3) is 11.1 Å². The van der Waals surface area contributed by atoms with E-state index >= 15 is 0 Å². The molecule has 4 rings (SSSR count). The largest absolute Gasteiger partial charge is 0.494 e. The first kappa shape index (κ1) is 25.5. The maximum atomic E-state index is 12.4. The Labute approximate surface area is 210 Å². The minimum atomic E-state index is 0.0477. The minimum absolute atomic E-state index is 0.0477. The predicted octanol–water partition coefficient (Wildman–Crippen LogP) is 5.11. The van der Waals surface area contributed by atoms with Crippen molar-refractivity contribution in [2.75, 3.05) is 39.9 Å². The molecule has 1 aliphatic carbocycles. The van der Waals surface area contributed by atoms with Gasteiger partial charge < -0.3 is 19.7 Å². The smallest absolute Gasteiger partial charge is 0.226 e. The van der Waals surface area contributed by atoms with Crippen LogP contribution >= 0.6 is 0 Å². The van der Waals surface area contributed by atoms with Crippen LogP contribution in [0.2, 0.25) is 0 Å². The Kier molecular flexibility index (Phi) is 9.41.